The van der Waals surface area contributed by atoms with Gasteiger partial charge in [0.05, 0.1) is 12.6 Å². The molecule has 6 heteroatoms. The molecule has 1 fully saturated rings. The van der Waals surface area contributed by atoms with Gasteiger partial charge in [0.15, 0.2) is 4.80 Å². The van der Waals surface area contributed by atoms with Crippen molar-refractivity contribution in [1.29, 1.82) is 0 Å². The average Bonchev–Trinajstić information content (AvgIpc) is 3.03. The van der Waals surface area contributed by atoms with Crippen LogP contribution in [0.25, 0.3) is 0 Å². The second-order valence-corrected chi connectivity index (χ2v) is 7.73. The maximum absolute atomic E-state index is 12.2. The molecule has 1 aromatic heterocycles. The summed E-state index contributed by atoms with van der Waals surface area (Å²) in [6.07, 6.45) is 3.30. The predicted molar refractivity (Wildman–Crippen MR) is 89.2 cm³/mol. The van der Waals surface area contributed by atoms with Crippen LogP contribution in [0.5, 0.6) is 0 Å². The lowest BCUT2D eigenvalue weighted by Crippen LogP contribution is -2.42. The fraction of sp³-hybridized carbons (Fsp3) is 0.750. The molecule has 1 aromatic rings. The zero-order chi connectivity index (χ0) is 16.3. The van der Waals surface area contributed by atoms with Gasteiger partial charge in [-0.15, -0.1) is 11.3 Å². The Morgan fingerprint density at radius 1 is 1.50 bits per heavy atom. The Hall–Kier alpha value is -1.14. The van der Waals surface area contributed by atoms with E-state index >= 15 is 0 Å². The van der Waals surface area contributed by atoms with Gasteiger partial charge in [-0.3, -0.25) is 0 Å². The zero-order valence-corrected chi connectivity index (χ0v) is 15.0. The first-order chi connectivity index (χ1) is 10.3. The standard InChI is InChI=1S/C16H27N3O2S/c1-6-16(4,5)18-14(20)17-15-19(11(2)12(3)22-15)10-13-8-7-9-21-13/h13H,6-10H2,1-5H3,(H,18,20)/b17-15-. The lowest BCUT2D eigenvalue weighted by Gasteiger charge is -2.22. The molecule has 1 saturated heterocycles. The molecule has 5 nitrogen and oxygen atoms in total. The molecule has 2 heterocycles. The summed E-state index contributed by atoms with van der Waals surface area (Å²) in [5.74, 6) is 0. The van der Waals surface area contributed by atoms with Gasteiger partial charge in [0.25, 0.3) is 0 Å². The number of nitrogens with zero attached hydrogens (tertiary/aromatic N) is 2. The number of hydrogen-bond acceptors (Lipinski definition) is 3. The Kier molecular flexibility index (Phi) is 5.45. The van der Waals surface area contributed by atoms with Gasteiger partial charge in [0.1, 0.15) is 0 Å². The third-order valence-corrected chi connectivity index (χ3v) is 5.42. The minimum absolute atomic E-state index is 0.235. The molecule has 0 aromatic carbocycles. The summed E-state index contributed by atoms with van der Waals surface area (Å²) in [5, 5.41) is 2.96. The molecule has 1 aliphatic rings. The molecule has 2 amide bonds. The maximum Gasteiger partial charge on any atom is 0.344 e. The third-order valence-electron chi connectivity index (χ3n) is 4.33. The highest BCUT2D eigenvalue weighted by Gasteiger charge is 2.20. The SMILES string of the molecule is CCC(C)(C)NC(=O)/N=c1\sc(C)c(C)n1CC1CCCO1. The van der Waals surface area contributed by atoms with Gasteiger partial charge in [-0.25, -0.2) is 4.79 Å². The smallest absolute Gasteiger partial charge is 0.344 e. The van der Waals surface area contributed by atoms with E-state index in [0.717, 1.165) is 37.2 Å². The van der Waals surface area contributed by atoms with Gasteiger partial charge >= 0.3 is 6.03 Å². The summed E-state index contributed by atoms with van der Waals surface area (Å²) in [5.41, 5.74) is 0.934. The van der Waals surface area contributed by atoms with Gasteiger partial charge in [0, 0.05) is 22.7 Å². The number of urea groups is 1. The van der Waals surface area contributed by atoms with E-state index in [9.17, 15) is 4.79 Å². The normalized spacial score (nSPS) is 19.7. The van der Waals surface area contributed by atoms with Crippen molar-refractivity contribution in [3.63, 3.8) is 0 Å². The van der Waals surface area contributed by atoms with Gasteiger partial charge < -0.3 is 14.6 Å². The summed E-state index contributed by atoms with van der Waals surface area (Å²) in [6, 6.07) is -0.269. The minimum atomic E-state index is -0.269. The van der Waals surface area contributed by atoms with Crippen molar-refractivity contribution in [2.24, 2.45) is 4.99 Å². The largest absolute Gasteiger partial charge is 0.376 e. The van der Waals surface area contributed by atoms with E-state index in [2.05, 4.69) is 35.6 Å². The number of amides is 2. The van der Waals surface area contributed by atoms with Crippen LogP contribution in [0.4, 0.5) is 4.79 Å². The first-order valence-electron chi connectivity index (χ1n) is 7.97. The van der Waals surface area contributed by atoms with E-state index in [0.29, 0.717) is 0 Å². The number of nitrogens with one attached hydrogen (secondary N) is 1. The van der Waals surface area contributed by atoms with Crippen LogP contribution < -0.4 is 10.1 Å². The van der Waals surface area contributed by atoms with Gasteiger partial charge in [-0.05, 0) is 47.0 Å². The summed E-state index contributed by atoms with van der Waals surface area (Å²) >= 11 is 1.57. The highest BCUT2D eigenvalue weighted by molar-refractivity contribution is 7.09. The third kappa shape index (κ3) is 4.20. The molecule has 2 rings (SSSR count). The molecule has 1 N–H and O–H groups in total. The minimum Gasteiger partial charge on any atom is -0.376 e. The van der Waals surface area contributed by atoms with Crippen LogP contribution in [0, 0.1) is 13.8 Å². The summed E-state index contributed by atoms with van der Waals surface area (Å²) < 4.78 is 7.84. The molecule has 1 unspecified atom stereocenters. The monoisotopic (exact) mass is 325 g/mol. The van der Waals surface area contributed by atoms with E-state index in [1.165, 1.54) is 10.6 Å². The van der Waals surface area contributed by atoms with Crippen LogP contribution in [0.15, 0.2) is 4.99 Å². The van der Waals surface area contributed by atoms with Crippen LogP contribution in [-0.2, 0) is 11.3 Å². The van der Waals surface area contributed by atoms with Gasteiger partial charge in [-0.2, -0.15) is 4.99 Å². The highest BCUT2D eigenvalue weighted by Crippen LogP contribution is 2.17. The number of carbonyl (C=O) groups excluding carboxylic acids is 1. The van der Waals surface area contributed by atoms with Crippen LogP contribution >= 0.6 is 11.3 Å². The number of aryl methyl sites for hydroxylation is 1. The number of thiazole rings is 1. The lowest BCUT2D eigenvalue weighted by molar-refractivity contribution is 0.0958. The van der Waals surface area contributed by atoms with E-state index in [4.69, 9.17) is 4.74 Å². The van der Waals surface area contributed by atoms with Crippen molar-refractivity contribution in [3.05, 3.63) is 15.4 Å². The molecule has 0 spiro atoms. The van der Waals surface area contributed by atoms with Crippen molar-refractivity contribution >= 4 is 17.4 Å². The number of rotatable bonds is 4. The van der Waals surface area contributed by atoms with Crippen molar-refractivity contribution < 1.29 is 9.53 Å². The summed E-state index contributed by atoms with van der Waals surface area (Å²) in [4.78, 5) is 18.4. The first kappa shape index (κ1) is 17.2. The van der Waals surface area contributed by atoms with Crippen molar-refractivity contribution in [3.8, 4) is 0 Å². The van der Waals surface area contributed by atoms with E-state index in [1.54, 1.807) is 11.3 Å². The molecule has 0 radical (unpaired) electrons. The number of ether oxygens (including phenoxy) is 1. The molecular weight excluding hydrogens is 298 g/mol. The number of aromatic nitrogens is 1. The molecular formula is C16H27N3O2S. The Morgan fingerprint density at radius 3 is 2.82 bits per heavy atom. The number of hydrogen-bond donors (Lipinski definition) is 1. The fourth-order valence-corrected chi connectivity index (χ4v) is 3.36. The molecule has 1 aliphatic heterocycles. The quantitative estimate of drug-likeness (QED) is 0.924. The number of carbonyl (C=O) groups is 1. The van der Waals surface area contributed by atoms with Gasteiger partial charge in [-0.1, -0.05) is 6.92 Å². The van der Waals surface area contributed by atoms with Crippen molar-refractivity contribution in [2.75, 3.05) is 6.61 Å². The van der Waals surface area contributed by atoms with E-state index < -0.39 is 0 Å². The van der Waals surface area contributed by atoms with Crippen molar-refractivity contribution in [2.45, 2.75) is 72.1 Å². The molecule has 0 saturated carbocycles. The van der Waals surface area contributed by atoms with Crippen LogP contribution in [-0.4, -0.2) is 28.8 Å². The van der Waals surface area contributed by atoms with Crippen molar-refractivity contribution in [1.82, 2.24) is 9.88 Å². The van der Waals surface area contributed by atoms with Gasteiger partial charge in [0.2, 0.25) is 0 Å². The Balaban J connectivity index is 2.24. The van der Waals surface area contributed by atoms with Crippen LogP contribution in [0.3, 0.4) is 0 Å². The topological polar surface area (TPSA) is 55.6 Å². The maximum atomic E-state index is 12.2. The zero-order valence-electron chi connectivity index (χ0n) is 14.2. The summed E-state index contributed by atoms with van der Waals surface area (Å²) in [7, 11) is 0. The molecule has 0 aliphatic carbocycles. The molecule has 0 bridgehead atoms. The second kappa shape index (κ2) is 6.96. The second-order valence-electron chi connectivity index (χ2n) is 6.55. The predicted octanol–water partition coefficient (Wildman–Crippen LogP) is 3.14. The molecule has 1 atom stereocenters. The summed E-state index contributed by atoms with van der Waals surface area (Å²) in [6.45, 7) is 11.8. The highest BCUT2D eigenvalue weighted by atomic mass is 32.1. The first-order valence-corrected chi connectivity index (χ1v) is 8.79. The lowest BCUT2D eigenvalue weighted by atomic mass is 10.0. The van der Waals surface area contributed by atoms with Crippen LogP contribution in [0.2, 0.25) is 0 Å². The Morgan fingerprint density at radius 2 is 2.23 bits per heavy atom. The van der Waals surface area contributed by atoms with Crippen LogP contribution in [0.1, 0.15) is 50.6 Å². The molecule has 124 valence electrons. The van der Waals surface area contributed by atoms with E-state index in [-0.39, 0.29) is 17.7 Å². The average molecular weight is 325 g/mol. The Labute approximate surface area is 136 Å². The van der Waals surface area contributed by atoms with E-state index in [1.807, 2.05) is 13.8 Å². The Bertz CT molecular complexity index is 595. The molecule has 22 heavy (non-hydrogen) atoms. The fourth-order valence-electron chi connectivity index (χ4n) is 2.38.